The van der Waals surface area contributed by atoms with E-state index in [2.05, 4.69) is 16.4 Å². The molecule has 1 aromatic heterocycles. The molecule has 28 heavy (non-hydrogen) atoms. The van der Waals surface area contributed by atoms with Gasteiger partial charge in [-0.25, -0.2) is 8.78 Å². The van der Waals surface area contributed by atoms with E-state index in [0.29, 0.717) is 23.4 Å². The molecule has 3 rings (SSSR count). The molecule has 4 nitrogen and oxygen atoms in total. The number of rotatable bonds is 5. The minimum absolute atomic E-state index is 0.0277. The zero-order valence-corrected chi connectivity index (χ0v) is 15.7. The smallest absolute Gasteiger partial charge is 0.269 e. The maximum atomic E-state index is 13.9. The fourth-order valence-corrected chi connectivity index (χ4v) is 3.17. The van der Waals surface area contributed by atoms with E-state index in [-0.39, 0.29) is 17.1 Å². The Morgan fingerprint density at radius 1 is 1.21 bits per heavy atom. The van der Waals surface area contributed by atoms with Crippen molar-refractivity contribution in [3.63, 3.8) is 0 Å². The standard InChI is InChI=1S/C21H16ClF2N3O/c1-12-17(8-13-3-2-4-14(7-13)10-25)20(19(22)21(28)27-12)26-11-15-5-6-16(23)9-18(15)24/h2-7,9H,8,11H2,1H3,(H2,26,27,28). The first-order valence-electron chi connectivity index (χ1n) is 8.47. The van der Waals surface area contributed by atoms with E-state index in [4.69, 9.17) is 16.9 Å². The largest absolute Gasteiger partial charge is 0.379 e. The normalized spacial score (nSPS) is 10.5. The second kappa shape index (κ2) is 8.24. The van der Waals surface area contributed by atoms with Crippen LogP contribution in [0.2, 0.25) is 5.02 Å². The summed E-state index contributed by atoms with van der Waals surface area (Å²) in [5.74, 6) is -1.35. The van der Waals surface area contributed by atoms with Crippen molar-refractivity contribution in [3.05, 3.63) is 97.4 Å². The molecule has 0 bridgehead atoms. The van der Waals surface area contributed by atoms with Crippen molar-refractivity contribution in [1.29, 1.82) is 5.26 Å². The number of benzene rings is 2. The Morgan fingerprint density at radius 2 is 2.00 bits per heavy atom. The van der Waals surface area contributed by atoms with Crippen LogP contribution in [0.3, 0.4) is 0 Å². The number of nitrogens with one attached hydrogen (secondary N) is 2. The summed E-state index contributed by atoms with van der Waals surface area (Å²) in [6, 6.07) is 12.5. The summed E-state index contributed by atoms with van der Waals surface area (Å²) >= 11 is 6.21. The first kappa shape index (κ1) is 19.6. The summed E-state index contributed by atoms with van der Waals surface area (Å²) < 4.78 is 27.0. The Kier molecular flexibility index (Phi) is 5.76. The molecule has 0 aliphatic heterocycles. The van der Waals surface area contributed by atoms with Crippen LogP contribution in [0.5, 0.6) is 0 Å². The minimum atomic E-state index is -0.687. The topological polar surface area (TPSA) is 68.7 Å². The fourth-order valence-electron chi connectivity index (χ4n) is 2.94. The van der Waals surface area contributed by atoms with Crippen LogP contribution in [-0.4, -0.2) is 4.98 Å². The van der Waals surface area contributed by atoms with Gasteiger partial charge in [-0.05, 0) is 30.7 Å². The molecule has 1 heterocycles. The number of hydrogen-bond donors (Lipinski definition) is 2. The van der Waals surface area contributed by atoms with Crippen molar-refractivity contribution < 1.29 is 8.78 Å². The lowest BCUT2D eigenvalue weighted by Crippen LogP contribution is -2.16. The molecule has 2 N–H and O–H groups in total. The fraction of sp³-hybridized carbons (Fsp3) is 0.143. The van der Waals surface area contributed by atoms with Crippen LogP contribution in [0.4, 0.5) is 14.5 Å². The van der Waals surface area contributed by atoms with Gasteiger partial charge in [-0.3, -0.25) is 4.79 Å². The summed E-state index contributed by atoms with van der Waals surface area (Å²) in [7, 11) is 0. The minimum Gasteiger partial charge on any atom is -0.379 e. The highest BCUT2D eigenvalue weighted by atomic mass is 35.5. The van der Waals surface area contributed by atoms with Gasteiger partial charge in [-0.15, -0.1) is 0 Å². The maximum absolute atomic E-state index is 13.9. The number of H-pyrrole nitrogens is 1. The second-order valence-corrected chi connectivity index (χ2v) is 6.70. The highest BCUT2D eigenvalue weighted by Gasteiger charge is 2.16. The molecule has 0 aliphatic rings. The molecular formula is C21H16ClF2N3O. The molecule has 0 spiro atoms. The van der Waals surface area contributed by atoms with E-state index in [0.717, 1.165) is 17.2 Å². The summed E-state index contributed by atoms with van der Waals surface area (Å²) in [5, 5.41) is 12.0. The van der Waals surface area contributed by atoms with Gasteiger partial charge >= 0.3 is 0 Å². The van der Waals surface area contributed by atoms with Crippen LogP contribution in [0.1, 0.15) is 27.9 Å². The summed E-state index contributed by atoms with van der Waals surface area (Å²) in [4.78, 5) is 14.8. The van der Waals surface area contributed by atoms with Crippen LogP contribution in [-0.2, 0) is 13.0 Å². The number of pyridine rings is 1. The molecule has 3 aromatic rings. The Labute approximate surface area is 165 Å². The summed E-state index contributed by atoms with van der Waals surface area (Å²) in [6.45, 7) is 1.77. The van der Waals surface area contributed by atoms with Crippen molar-refractivity contribution in [1.82, 2.24) is 4.98 Å². The van der Waals surface area contributed by atoms with Gasteiger partial charge in [0.25, 0.3) is 5.56 Å². The van der Waals surface area contributed by atoms with E-state index < -0.39 is 17.2 Å². The van der Waals surface area contributed by atoms with Crippen molar-refractivity contribution in [3.8, 4) is 6.07 Å². The molecular weight excluding hydrogens is 384 g/mol. The van der Waals surface area contributed by atoms with Crippen LogP contribution in [0.15, 0.2) is 47.3 Å². The summed E-state index contributed by atoms with van der Waals surface area (Å²) in [5.41, 5.74) is 2.88. The van der Waals surface area contributed by atoms with Crippen molar-refractivity contribution >= 4 is 17.3 Å². The molecule has 0 radical (unpaired) electrons. The number of nitriles is 1. The molecule has 0 amide bonds. The van der Waals surface area contributed by atoms with Crippen molar-refractivity contribution in [2.24, 2.45) is 0 Å². The molecule has 2 aromatic carbocycles. The Morgan fingerprint density at radius 3 is 2.71 bits per heavy atom. The van der Waals surface area contributed by atoms with Crippen molar-refractivity contribution in [2.75, 3.05) is 5.32 Å². The van der Waals surface area contributed by atoms with Crippen LogP contribution in [0.25, 0.3) is 0 Å². The predicted octanol–water partition coefficient (Wildman–Crippen LogP) is 4.69. The van der Waals surface area contributed by atoms with E-state index in [1.165, 1.54) is 12.1 Å². The van der Waals surface area contributed by atoms with E-state index in [9.17, 15) is 13.6 Å². The third kappa shape index (κ3) is 4.21. The van der Waals surface area contributed by atoms with E-state index >= 15 is 0 Å². The van der Waals surface area contributed by atoms with Crippen LogP contribution in [0, 0.1) is 29.9 Å². The lowest BCUT2D eigenvalue weighted by molar-refractivity contribution is 0.574. The lowest BCUT2D eigenvalue weighted by Gasteiger charge is -2.16. The molecule has 7 heteroatoms. The molecule has 0 unspecified atom stereocenters. The Bertz CT molecular complexity index is 1140. The number of hydrogen-bond acceptors (Lipinski definition) is 3. The number of aromatic nitrogens is 1. The van der Waals surface area contributed by atoms with E-state index in [1.807, 2.05) is 6.07 Å². The highest BCUT2D eigenvalue weighted by Crippen LogP contribution is 2.28. The number of aromatic amines is 1. The number of nitrogens with zero attached hydrogens (tertiary/aromatic N) is 1. The molecule has 0 saturated heterocycles. The first-order chi connectivity index (χ1) is 13.4. The average Bonchev–Trinajstić information content (AvgIpc) is 2.67. The number of aryl methyl sites for hydroxylation is 1. The summed E-state index contributed by atoms with van der Waals surface area (Å²) in [6.07, 6.45) is 0.409. The molecule has 0 saturated carbocycles. The van der Waals surface area contributed by atoms with Gasteiger partial charge in [0.15, 0.2) is 0 Å². The monoisotopic (exact) mass is 399 g/mol. The third-order valence-corrected chi connectivity index (χ3v) is 4.74. The Balaban J connectivity index is 1.97. The van der Waals surface area contributed by atoms with Crippen LogP contribution < -0.4 is 10.9 Å². The SMILES string of the molecule is Cc1[nH]c(=O)c(Cl)c(NCc2ccc(F)cc2F)c1Cc1cccc(C#N)c1. The van der Waals surface area contributed by atoms with Gasteiger partial charge in [-0.2, -0.15) is 5.26 Å². The van der Waals surface area contributed by atoms with Gasteiger partial charge in [0.2, 0.25) is 0 Å². The average molecular weight is 400 g/mol. The molecule has 0 atom stereocenters. The predicted molar refractivity (Wildman–Crippen MR) is 104 cm³/mol. The third-order valence-electron chi connectivity index (χ3n) is 4.38. The number of halogens is 3. The zero-order chi connectivity index (χ0) is 20.3. The molecule has 0 aliphatic carbocycles. The lowest BCUT2D eigenvalue weighted by atomic mass is 10.0. The number of anilines is 1. The maximum Gasteiger partial charge on any atom is 0.269 e. The Hall–Kier alpha value is -3.17. The van der Waals surface area contributed by atoms with Gasteiger partial charge < -0.3 is 10.3 Å². The molecule has 0 fully saturated rings. The van der Waals surface area contributed by atoms with Crippen LogP contribution >= 0.6 is 11.6 Å². The quantitative estimate of drug-likeness (QED) is 0.654. The van der Waals surface area contributed by atoms with E-state index in [1.54, 1.807) is 25.1 Å². The highest BCUT2D eigenvalue weighted by molar-refractivity contribution is 6.33. The van der Waals surface area contributed by atoms with Gasteiger partial charge in [-0.1, -0.05) is 29.8 Å². The zero-order valence-electron chi connectivity index (χ0n) is 14.9. The second-order valence-electron chi connectivity index (χ2n) is 6.32. The van der Waals surface area contributed by atoms with Gasteiger partial charge in [0.05, 0.1) is 17.3 Å². The van der Waals surface area contributed by atoms with Gasteiger partial charge in [0, 0.05) is 35.9 Å². The first-order valence-corrected chi connectivity index (χ1v) is 8.85. The van der Waals surface area contributed by atoms with Crippen molar-refractivity contribution in [2.45, 2.75) is 19.9 Å². The van der Waals surface area contributed by atoms with Gasteiger partial charge in [0.1, 0.15) is 16.7 Å². The molecule has 142 valence electrons.